The molecule has 5 rings (SSSR count). The number of thioether (sulfide) groups is 2. The molecule has 2 saturated heterocycles. The fourth-order valence-electron chi connectivity index (χ4n) is 13.3. The van der Waals surface area contributed by atoms with Crippen molar-refractivity contribution in [2.45, 2.75) is 220 Å². The first-order valence-corrected chi connectivity index (χ1v) is 42.8. The van der Waals surface area contributed by atoms with Gasteiger partial charge in [0.25, 0.3) is 0 Å². The van der Waals surface area contributed by atoms with Crippen LogP contribution >= 0.6 is 23.5 Å². The minimum absolute atomic E-state index is 0.0173. The molecule has 690 valence electrons. The number of phenolic OH excluding ortho intramolecular Hbond substituents is 1. The van der Waals surface area contributed by atoms with E-state index in [1.54, 1.807) is 6.26 Å². The molecule has 0 aliphatic carbocycles. The van der Waals surface area contributed by atoms with E-state index in [0.29, 0.717) is 18.6 Å². The summed E-state index contributed by atoms with van der Waals surface area (Å²) in [5.74, 6) is -19.6. The quantitative estimate of drug-likeness (QED) is 0.0142. The van der Waals surface area contributed by atoms with E-state index < -0.39 is 280 Å². The van der Waals surface area contributed by atoms with Gasteiger partial charge >= 0.3 is 11.9 Å². The fraction of sp³-hybridized carbons (Fsp3) is 0.587. The summed E-state index contributed by atoms with van der Waals surface area (Å²) in [6.45, 7) is 0.371. The monoisotopic (exact) mass is 1800 g/mol. The number of likely N-dealkylation sites (tertiary alicyclic amines) is 2. The Kier molecular flexibility index (Phi) is 43.3. The third kappa shape index (κ3) is 34.7. The predicted molar refractivity (Wildman–Crippen MR) is 445 cm³/mol. The number of primary amides is 2. The Bertz CT molecular complexity index is 4210. The average molecular weight is 1800 g/mol. The topological polar surface area (TPSA) is 777 Å². The van der Waals surface area contributed by atoms with Crippen LogP contribution in [0.5, 0.6) is 5.75 Å². The number of carboxylic acids is 2. The Morgan fingerprint density at radius 3 is 1.33 bits per heavy atom. The number of carbonyl (C=O) groups is 18. The molecule has 0 saturated carbocycles. The van der Waals surface area contributed by atoms with Crippen LogP contribution in [-0.4, -0.2) is 326 Å². The van der Waals surface area contributed by atoms with E-state index in [1.807, 2.05) is 6.26 Å². The van der Waals surface area contributed by atoms with Gasteiger partial charge in [-0.3, -0.25) is 91.7 Å². The Balaban J connectivity index is 1.41. The van der Waals surface area contributed by atoms with Crippen LogP contribution in [0.1, 0.15) is 121 Å². The number of aliphatic carboxylic acids is 2. The molecule has 48 nitrogen and oxygen atoms in total. The van der Waals surface area contributed by atoms with Gasteiger partial charge in [-0.25, -0.2) is 9.97 Å². The zero-order chi connectivity index (χ0) is 92.7. The first-order valence-electron chi connectivity index (χ1n) is 40.0. The summed E-state index contributed by atoms with van der Waals surface area (Å²) < 4.78 is 0. The fourth-order valence-corrected chi connectivity index (χ4v) is 14.2. The van der Waals surface area contributed by atoms with Crippen LogP contribution in [0.25, 0.3) is 0 Å². The van der Waals surface area contributed by atoms with Gasteiger partial charge in [-0.15, -0.1) is 0 Å². The lowest BCUT2D eigenvalue weighted by Crippen LogP contribution is -2.63. The average Bonchev–Trinajstić information content (AvgIpc) is 1.74. The van der Waals surface area contributed by atoms with Crippen molar-refractivity contribution < 1.29 is 117 Å². The number of imidazole rings is 2. The van der Waals surface area contributed by atoms with Crippen LogP contribution in [0.2, 0.25) is 0 Å². The number of aromatic amines is 2. The van der Waals surface area contributed by atoms with Crippen molar-refractivity contribution in [1.29, 1.82) is 5.41 Å². The van der Waals surface area contributed by atoms with Crippen molar-refractivity contribution in [3.05, 3.63) is 66.3 Å². The van der Waals surface area contributed by atoms with E-state index in [4.69, 9.17) is 33.5 Å². The largest absolute Gasteiger partial charge is 0.508 e. The van der Waals surface area contributed by atoms with Crippen LogP contribution in [0, 0.1) is 5.41 Å². The summed E-state index contributed by atoms with van der Waals surface area (Å²) in [7, 11) is 0. The number of guanidine groups is 1. The van der Waals surface area contributed by atoms with Crippen molar-refractivity contribution in [2.75, 3.05) is 56.8 Å². The van der Waals surface area contributed by atoms with Gasteiger partial charge < -0.3 is 142 Å². The van der Waals surface area contributed by atoms with Crippen LogP contribution in [0.4, 0.5) is 0 Å². The second kappa shape index (κ2) is 52.4. The van der Waals surface area contributed by atoms with Crippen molar-refractivity contribution >= 4 is 136 Å². The molecule has 50 heteroatoms. The summed E-state index contributed by atoms with van der Waals surface area (Å²) in [5, 5.41) is 101. The van der Waals surface area contributed by atoms with Gasteiger partial charge in [0.2, 0.25) is 94.5 Å². The van der Waals surface area contributed by atoms with E-state index in [1.165, 1.54) is 82.6 Å². The number of hydrogen-bond acceptors (Lipinski definition) is 28. The highest BCUT2D eigenvalue weighted by Gasteiger charge is 2.43. The highest BCUT2D eigenvalue weighted by atomic mass is 32.2. The summed E-state index contributed by atoms with van der Waals surface area (Å²) >= 11 is 2.74. The molecule has 2 aromatic heterocycles. The zero-order valence-electron chi connectivity index (χ0n) is 69.3. The number of aliphatic hydroxyl groups excluding tert-OH is 3. The Morgan fingerprint density at radius 1 is 0.488 bits per heavy atom. The van der Waals surface area contributed by atoms with Gasteiger partial charge in [0, 0.05) is 70.6 Å². The molecule has 0 spiro atoms. The first kappa shape index (κ1) is 103. The number of rotatable bonds is 55. The second-order valence-electron chi connectivity index (χ2n) is 29.7. The van der Waals surface area contributed by atoms with Gasteiger partial charge in [-0.1, -0.05) is 12.1 Å². The van der Waals surface area contributed by atoms with E-state index in [-0.39, 0.29) is 86.6 Å². The molecular weight excluding hydrogens is 1690 g/mol. The number of carbonyl (C=O) groups excluding carboxylic acids is 16. The normalized spacial score (nSPS) is 16.9. The van der Waals surface area contributed by atoms with Gasteiger partial charge in [0.15, 0.2) is 5.96 Å². The van der Waals surface area contributed by atoms with E-state index >= 15 is 0 Å². The number of nitrogens with one attached hydrogen (secondary N) is 16. The molecule has 30 N–H and O–H groups in total. The second-order valence-corrected chi connectivity index (χ2v) is 31.6. The molecule has 125 heavy (non-hydrogen) atoms. The molecule has 2 aliphatic heterocycles. The molecule has 0 unspecified atom stereocenters. The van der Waals surface area contributed by atoms with Gasteiger partial charge in [0.05, 0.1) is 48.9 Å². The molecule has 16 amide bonds. The number of H-pyrrole nitrogens is 2. The van der Waals surface area contributed by atoms with E-state index in [0.717, 1.165) is 13.8 Å². The Morgan fingerprint density at radius 2 is 0.888 bits per heavy atom. The number of aliphatic hydroxyl groups is 3. The SMILES string of the molecule is CSCC[C@H](NC(=O)[C@@H](NC(=O)[C@H](CO)NC(=O)[C@H](CCCNC(=N)N)NC(=O)[C@H](Cc1c[nH]cn1)NC(=O)[C@H](Cc1c[nH]cn1)NC(=O)[C@@H](NC(=O)[C@H](Cc1ccc(O)cc1)NC(=O)[C@H](CCC(N)=O)NC(=O)[C@H](CCC(=O)O)NC(=O)[C@H](CCC(N)=O)NC(=O)[C@@H]1CCCN1C(=O)[C@@H](N)CCSC)[C@@H](C)O)[C@@H](C)O)C(=O)N1CCC[C@H]1C(=O)NCC(=O)O. The van der Waals surface area contributed by atoms with Crippen molar-refractivity contribution in [1.82, 2.24) is 98.9 Å². The first-order chi connectivity index (χ1) is 59.2. The number of benzene rings is 1. The third-order valence-electron chi connectivity index (χ3n) is 19.9. The number of hydrogen-bond donors (Lipinski definition) is 26. The molecule has 0 bridgehead atoms. The zero-order valence-corrected chi connectivity index (χ0v) is 70.9. The predicted octanol–water partition coefficient (Wildman–Crippen LogP) is -9.37. The number of phenols is 1. The summed E-state index contributed by atoms with van der Waals surface area (Å²) in [6, 6.07) is -18.0. The maximum absolute atomic E-state index is 14.9. The molecule has 16 atom stereocenters. The Labute approximate surface area is 725 Å². The van der Waals surface area contributed by atoms with Crippen molar-refractivity contribution in [3.8, 4) is 5.75 Å². The highest BCUT2D eigenvalue weighted by Crippen LogP contribution is 2.23. The van der Waals surface area contributed by atoms with Crippen LogP contribution in [0.15, 0.2) is 49.3 Å². The van der Waals surface area contributed by atoms with Crippen molar-refractivity contribution in [2.24, 2.45) is 22.9 Å². The molecule has 4 heterocycles. The van der Waals surface area contributed by atoms with Crippen LogP contribution in [-0.2, 0) is 106 Å². The number of nitrogens with two attached hydrogens (primary N) is 4. The maximum atomic E-state index is 14.9. The summed E-state index contributed by atoms with van der Waals surface area (Å²) in [6.07, 6.45) is 0.666. The van der Waals surface area contributed by atoms with E-state index in [2.05, 4.69) is 89.1 Å². The number of nitrogens with zero attached hydrogens (tertiary/aromatic N) is 4. The lowest BCUT2D eigenvalue weighted by Gasteiger charge is -2.30. The number of carboxylic acid groups (broad SMARTS) is 2. The number of amides is 16. The molecule has 2 fully saturated rings. The lowest BCUT2D eigenvalue weighted by molar-refractivity contribution is -0.143. The van der Waals surface area contributed by atoms with Gasteiger partial charge in [-0.05, 0) is 126 Å². The lowest BCUT2D eigenvalue weighted by atomic mass is 10.0. The smallest absolute Gasteiger partial charge is 0.322 e. The third-order valence-corrected chi connectivity index (χ3v) is 21.2. The standard InChI is InChI=1S/C75H114N24O24S2/c1-37(101)59(71(120)91-48(22-27-125-4)74(123)99-25-6-9-53(99)69(118)84-33-58(108)109)97-68(117)52(34-100)95-61(110)44(8-5-23-83-75(79)80)87-65(114)50(29-40-31-81-35-85-40)93-66(115)51(30-41-32-82-36-86-41)94-72(121)60(38(2)102)96-67(116)49(28-39-11-13-42(103)14-12-39)92-64(113)45(15-18-55(77)104)88-63(112)47(17-20-57(106)107)89-62(111)46(16-19-56(78)105)90-70(119)54-10-7-24-98(54)73(122)43(76)21-26-124-3/h11-14,31-32,35-38,43-54,59-60,100-103H,5-10,15-30,33-34,76H2,1-4H3,(H2,77,104)(H2,78,105)(H,81,85)(H,82,86)(H,84,118)(H,87,114)(H,88,112)(H,89,111)(H,90,119)(H,91,120)(H,92,113)(H,93,115)(H,94,121)(H,95,110)(H,96,116)(H,97,117)(H,106,107)(H,108,109)(H4,79,80,83)/t37-,38-,43+,44+,45+,46+,47+,48+,49+,50+,51+,52+,53+,54+,59+,60+/m1/s1. The minimum atomic E-state index is -2.08. The molecular formula is C75H114N24O24S2. The maximum Gasteiger partial charge on any atom is 0.322 e. The van der Waals surface area contributed by atoms with Gasteiger partial charge in [-0.2, -0.15) is 23.5 Å². The molecule has 3 aromatic rings. The minimum Gasteiger partial charge on any atom is -0.508 e. The number of aromatic hydroxyl groups is 1. The van der Waals surface area contributed by atoms with E-state index in [9.17, 15) is 112 Å². The molecule has 2 aliphatic rings. The summed E-state index contributed by atoms with van der Waals surface area (Å²) in [5.41, 5.74) is 23.0. The highest BCUT2D eigenvalue weighted by molar-refractivity contribution is 7.98. The van der Waals surface area contributed by atoms with Crippen LogP contribution < -0.4 is 92.1 Å². The number of aromatic nitrogens is 4. The Hall–Kier alpha value is -12.3. The molecule has 1 aromatic carbocycles. The summed E-state index contributed by atoms with van der Waals surface area (Å²) in [4.78, 5) is 264. The van der Waals surface area contributed by atoms with Gasteiger partial charge in [0.1, 0.15) is 90.8 Å². The van der Waals surface area contributed by atoms with Crippen molar-refractivity contribution in [3.63, 3.8) is 0 Å². The van der Waals surface area contributed by atoms with Crippen LogP contribution in [0.3, 0.4) is 0 Å². The molecule has 0 radical (unpaired) electrons.